The lowest BCUT2D eigenvalue weighted by Gasteiger charge is -2.34. The highest BCUT2D eigenvalue weighted by Crippen LogP contribution is 2.29. The Kier molecular flexibility index (Phi) is 7.58. The molecule has 2 aromatic rings. The lowest BCUT2D eigenvalue weighted by atomic mass is 9.93. The fourth-order valence-corrected chi connectivity index (χ4v) is 4.50. The van der Waals surface area contributed by atoms with E-state index in [9.17, 15) is 9.59 Å². The van der Waals surface area contributed by atoms with Crippen molar-refractivity contribution in [1.29, 1.82) is 0 Å². The number of halogens is 1. The summed E-state index contributed by atoms with van der Waals surface area (Å²) in [7, 11) is 0. The predicted octanol–water partition coefficient (Wildman–Crippen LogP) is 5.94. The minimum atomic E-state index is -0.355. The molecule has 0 radical (unpaired) electrons. The van der Waals surface area contributed by atoms with Gasteiger partial charge in [-0.2, -0.15) is 0 Å². The molecule has 30 heavy (non-hydrogen) atoms. The third-order valence-electron chi connectivity index (χ3n) is 5.79. The zero-order valence-electron chi connectivity index (χ0n) is 17.9. The molecule has 0 spiro atoms. The summed E-state index contributed by atoms with van der Waals surface area (Å²) in [6.45, 7) is 6.43. The Hall–Kier alpha value is -2.28. The molecular formula is C23H30BrN3O3. The van der Waals surface area contributed by atoms with Gasteiger partial charge in [-0.1, -0.05) is 31.4 Å². The number of aryl methyl sites for hydroxylation is 1. The Morgan fingerprint density at radius 1 is 1.20 bits per heavy atom. The van der Waals surface area contributed by atoms with E-state index in [2.05, 4.69) is 26.2 Å². The molecule has 1 fully saturated rings. The van der Waals surface area contributed by atoms with E-state index in [0.717, 1.165) is 52.7 Å². The van der Waals surface area contributed by atoms with Crippen LogP contribution >= 0.6 is 15.9 Å². The Morgan fingerprint density at radius 2 is 1.90 bits per heavy atom. The number of rotatable bonds is 6. The van der Waals surface area contributed by atoms with E-state index in [-0.39, 0.29) is 18.0 Å². The van der Waals surface area contributed by atoms with Gasteiger partial charge in [-0.15, -0.1) is 0 Å². The predicted molar refractivity (Wildman–Crippen MR) is 122 cm³/mol. The number of aromatic nitrogens is 1. The van der Waals surface area contributed by atoms with Crippen LogP contribution in [0.4, 0.5) is 10.5 Å². The lowest BCUT2D eigenvalue weighted by Crippen LogP contribution is -2.43. The summed E-state index contributed by atoms with van der Waals surface area (Å²) in [4.78, 5) is 30.7. The number of esters is 1. The van der Waals surface area contributed by atoms with Gasteiger partial charge in [0.1, 0.15) is 5.69 Å². The molecule has 0 aliphatic heterocycles. The average molecular weight is 476 g/mol. The van der Waals surface area contributed by atoms with Crippen LogP contribution in [0, 0.1) is 13.8 Å². The van der Waals surface area contributed by atoms with Crippen LogP contribution in [0.15, 0.2) is 28.7 Å². The number of carbonyl (C=O) groups excluding carboxylic acids is 2. The first kappa shape index (κ1) is 22.4. The fourth-order valence-electron chi connectivity index (χ4n) is 4.11. The quantitative estimate of drug-likeness (QED) is 0.507. The van der Waals surface area contributed by atoms with Crippen molar-refractivity contribution >= 4 is 33.6 Å². The van der Waals surface area contributed by atoms with Crippen molar-refractivity contribution in [3.63, 3.8) is 0 Å². The monoisotopic (exact) mass is 475 g/mol. The van der Waals surface area contributed by atoms with Crippen LogP contribution < -0.4 is 5.32 Å². The molecule has 3 rings (SSSR count). The van der Waals surface area contributed by atoms with E-state index in [1.807, 2.05) is 43.0 Å². The van der Waals surface area contributed by atoms with E-state index >= 15 is 0 Å². The molecule has 1 aromatic carbocycles. The summed E-state index contributed by atoms with van der Waals surface area (Å²) >= 11 is 3.50. The van der Waals surface area contributed by atoms with Crippen LogP contribution in [0.3, 0.4) is 0 Å². The second-order valence-electron chi connectivity index (χ2n) is 7.78. The first-order chi connectivity index (χ1) is 14.4. The number of benzene rings is 1. The van der Waals surface area contributed by atoms with Crippen molar-refractivity contribution in [1.82, 2.24) is 9.88 Å². The molecule has 1 aromatic heterocycles. The number of aromatic amines is 1. The van der Waals surface area contributed by atoms with Gasteiger partial charge >= 0.3 is 12.0 Å². The van der Waals surface area contributed by atoms with Crippen LogP contribution in [0.2, 0.25) is 0 Å². The normalized spacial score (nSPS) is 14.4. The first-order valence-electron chi connectivity index (χ1n) is 10.6. The second kappa shape index (κ2) is 10.2. The van der Waals surface area contributed by atoms with Gasteiger partial charge in [-0.3, -0.25) is 0 Å². The number of hydrogen-bond acceptors (Lipinski definition) is 3. The van der Waals surface area contributed by atoms with Gasteiger partial charge in [-0.05, 0) is 72.8 Å². The SMILES string of the molecule is CCOC(=O)c1[nH]c(C)c(CN(C(=O)Nc2ccccc2Br)C2CCCCC2)c1C. The summed E-state index contributed by atoms with van der Waals surface area (Å²) in [6, 6.07) is 7.67. The van der Waals surface area contributed by atoms with Gasteiger partial charge in [0.2, 0.25) is 0 Å². The summed E-state index contributed by atoms with van der Waals surface area (Å²) in [6.07, 6.45) is 5.46. The summed E-state index contributed by atoms with van der Waals surface area (Å²) < 4.78 is 6.02. The fraction of sp³-hybridized carbons (Fsp3) is 0.478. The summed E-state index contributed by atoms with van der Waals surface area (Å²) in [5.41, 5.74) is 3.94. The van der Waals surface area contributed by atoms with Crippen molar-refractivity contribution in [2.24, 2.45) is 0 Å². The molecule has 6 nitrogen and oxygen atoms in total. The Balaban J connectivity index is 1.87. The molecule has 7 heteroatoms. The molecule has 1 saturated carbocycles. The Labute approximate surface area is 186 Å². The molecule has 0 atom stereocenters. The van der Waals surface area contributed by atoms with Crippen LogP contribution in [0.25, 0.3) is 0 Å². The summed E-state index contributed by atoms with van der Waals surface area (Å²) in [5.74, 6) is -0.355. The van der Waals surface area contributed by atoms with E-state index in [1.165, 1.54) is 6.42 Å². The molecule has 1 aliphatic rings. The maximum Gasteiger partial charge on any atom is 0.355 e. The number of para-hydroxylation sites is 1. The molecule has 162 valence electrons. The van der Waals surface area contributed by atoms with Crippen LogP contribution in [-0.2, 0) is 11.3 Å². The number of nitrogens with zero attached hydrogens (tertiary/aromatic N) is 1. The van der Waals surface area contributed by atoms with Gasteiger partial charge in [0, 0.05) is 22.8 Å². The highest BCUT2D eigenvalue weighted by molar-refractivity contribution is 9.10. The standard InChI is InChI=1S/C23H30BrN3O3/c1-4-30-22(28)21-15(2)18(16(3)25-21)14-27(17-10-6-5-7-11-17)23(29)26-20-13-9-8-12-19(20)24/h8-9,12-13,17,25H,4-7,10-11,14H2,1-3H3,(H,26,29). The topological polar surface area (TPSA) is 74.4 Å². The average Bonchev–Trinajstić information content (AvgIpc) is 3.02. The van der Waals surface area contributed by atoms with E-state index in [1.54, 1.807) is 6.92 Å². The molecule has 1 heterocycles. The molecule has 0 saturated heterocycles. The van der Waals surface area contributed by atoms with E-state index < -0.39 is 0 Å². The first-order valence-corrected chi connectivity index (χ1v) is 11.4. The lowest BCUT2D eigenvalue weighted by molar-refractivity contribution is 0.0519. The number of carbonyl (C=O) groups is 2. The number of H-pyrrole nitrogens is 1. The smallest absolute Gasteiger partial charge is 0.355 e. The van der Waals surface area contributed by atoms with E-state index in [0.29, 0.717) is 18.8 Å². The molecule has 1 aliphatic carbocycles. The van der Waals surface area contributed by atoms with Crippen molar-refractivity contribution in [3.05, 3.63) is 51.3 Å². The minimum Gasteiger partial charge on any atom is -0.461 e. The van der Waals surface area contributed by atoms with Gasteiger partial charge in [-0.25, -0.2) is 9.59 Å². The van der Waals surface area contributed by atoms with E-state index in [4.69, 9.17) is 4.74 Å². The number of anilines is 1. The zero-order valence-corrected chi connectivity index (χ0v) is 19.5. The molecule has 0 unspecified atom stereocenters. The van der Waals surface area contributed by atoms with Crippen LogP contribution in [-0.4, -0.2) is 34.5 Å². The molecule has 2 N–H and O–H groups in total. The third kappa shape index (κ3) is 5.06. The Bertz CT molecular complexity index is 903. The maximum atomic E-state index is 13.3. The van der Waals surface area contributed by atoms with Crippen LogP contribution in [0.5, 0.6) is 0 Å². The molecule has 2 amide bonds. The number of ether oxygens (including phenoxy) is 1. The minimum absolute atomic E-state index is 0.119. The highest BCUT2D eigenvalue weighted by atomic mass is 79.9. The number of amides is 2. The largest absolute Gasteiger partial charge is 0.461 e. The second-order valence-corrected chi connectivity index (χ2v) is 8.63. The number of hydrogen-bond donors (Lipinski definition) is 2. The van der Waals surface area contributed by atoms with Crippen molar-refractivity contribution < 1.29 is 14.3 Å². The highest BCUT2D eigenvalue weighted by Gasteiger charge is 2.28. The van der Waals surface area contributed by atoms with Crippen molar-refractivity contribution in [2.45, 2.75) is 65.5 Å². The maximum absolute atomic E-state index is 13.3. The summed E-state index contributed by atoms with van der Waals surface area (Å²) in [5, 5.41) is 3.05. The van der Waals surface area contributed by atoms with Crippen molar-refractivity contribution in [2.75, 3.05) is 11.9 Å². The van der Waals surface area contributed by atoms with Gasteiger partial charge < -0.3 is 19.9 Å². The Morgan fingerprint density at radius 3 is 2.57 bits per heavy atom. The third-order valence-corrected chi connectivity index (χ3v) is 6.48. The van der Waals surface area contributed by atoms with Crippen molar-refractivity contribution in [3.8, 4) is 0 Å². The number of nitrogens with one attached hydrogen (secondary N) is 2. The molecule has 0 bridgehead atoms. The van der Waals surface area contributed by atoms with Crippen LogP contribution in [0.1, 0.15) is 66.3 Å². The van der Waals surface area contributed by atoms with Gasteiger partial charge in [0.25, 0.3) is 0 Å². The molecular weight excluding hydrogens is 446 g/mol. The van der Waals surface area contributed by atoms with Gasteiger partial charge in [0.05, 0.1) is 12.3 Å². The van der Waals surface area contributed by atoms with Gasteiger partial charge in [0.15, 0.2) is 0 Å². The zero-order chi connectivity index (χ0) is 21.7. The number of urea groups is 1.